The molecule has 0 aliphatic heterocycles. The molecule has 3 N–H and O–H groups in total. The van der Waals surface area contributed by atoms with E-state index >= 15 is 0 Å². The van der Waals surface area contributed by atoms with E-state index in [9.17, 15) is 4.79 Å². The molecule has 0 radical (unpaired) electrons. The largest absolute Gasteiger partial charge is 0.462 e. The minimum atomic E-state index is -0.313. The zero-order chi connectivity index (χ0) is 11.5. The van der Waals surface area contributed by atoms with E-state index in [2.05, 4.69) is 10.4 Å². The normalized spacial score (nSPS) is 10.4. The van der Waals surface area contributed by atoms with Crippen LogP contribution < -0.4 is 11.3 Å². The molecule has 0 aromatic carbocycles. The number of nitrogens with two attached hydrogens (primary N) is 1. The third-order valence-corrected chi connectivity index (χ3v) is 3.21. The van der Waals surface area contributed by atoms with Crippen LogP contribution >= 0.6 is 11.3 Å². The molecule has 5 nitrogen and oxygen atoms in total. The fourth-order valence-corrected chi connectivity index (χ4v) is 2.37. The first-order valence-electron chi connectivity index (χ1n) is 4.80. The van der Waals surface area contributed by atoms with Crippen molar-refractivity contribution in [3.05, 3.63) is 29.0 Å². The molecule has 84 valence electrons. The van der Waals surface area contributed by atoms with E-state index in [1.807, 2.05) is 13.0 Å². The molecule has 2 heterocycles. The van der Waals surface area contributed by atoms with Gasteiger partial charge in [-0.25, -0.2) is 10.8 Å². The number of furan rings is 1. The van der Waals surface area contributed by atoms with E-state index in [0.717, 1.165) is 5.69 Å². The maximum Gasteiger partial charge on any atom is 0.277 e. The van der Waals surface area contributed by atoms with Gasteiger partial charge in [0.15, 0.2) is 10.8 Å². The molecule has 1 amide bonds. The SMILES string of the molecule is CCc1nc(-c2ccco2)sc1C(=O)NN. The van der Waals surface area contributed by atoms with Crippen LogP contribution in [0.25, 0.3) is 10.8 Å². The second-order valence-electron chi connectivity index (χ2n) is 3.10. The van der Waals surface area contributed by atoms with Crippen molar-refractivity contribution in [2.24, 2.45) is 5.84 Å². The van der Waals surface area contributed by atoms with Crippen LogP contribution in [0.15, 0.2) is 22.8 Å². The molecule has 0 spiro atoms. The summed E-state index contributed by atoms with van der Waals surface area (Å²) in [6.45, 7) is 1.94. The van der Waals surface area contributed by atoms with Gasteiger partial charge in [-0.05, 0) is 18.6 Å². The summed E-state index contributed by atoms with van der Waals surface area (Å²) in [4.78, 5) is 16.4. The molecule has 0 fully saturated rings. The zero-order valence-electron chi connectivity index (χ0n) is 8.69. The van der Waals surface area contributed by atoms with Crippen LogP contribution in [0.1, 0.15) is 22.3 Å². The molecule has 2 rings (SSSR count). The summed E-state index contributed by atoms with van der Waals surface area (Å²) in [7, 11) is 0. The van der Waals surface area contributed by atoms with Crippen molar-refractivity contribution in [3.63, 3.8) is 0 Å². The Morgan fingerprint density at radius 2 is 2.50 bits per heavy atom. The van der Waals surface area contributed by atoms with Crippen LogP contribution in [-0.2, 0) is 6.42 Å². The zero-order valence-corrected chi connectivity index (χ0v) is 9.50. The smallest absolute Gasteiger partial charge is 0.277 e. The Morgan fingerprint density at radius 3 is 3.06 bits per heavy atom. The van der Waals surface area contributed by atoms with Gasteiger partial charge < -0.3 is 4.42 Å². The molecule has 6 heteroatoms. The van der Waals surface area contributed by atoms with Crippen molar-refractivity contribution in [3.8, 4) is 10.8 Å². The van der Waals surface area contributed by atoms with Gasteiger partial charge >= 0.3 is 0 Å². The Bertz CT molecular complexity index is 490. The van der Waals surface area contributed by atoms with Crippen LogP contribution in [-0.4, -0.2) is 10.9 Å². The number of thiazole rings is 1. The van der Waals surface area contributed by atoms with Gasteiger partial charge in [0.05, 0.1) is 12.0 Å². The molecule has 0 saturated heterocycles. The highest BCUT2D eigenvalue weighted by atomic mass is 32.1. The summed E-state index contributed by atoms with van der Waals surface area (Å²) in [5, 5.41) is 0.695. The lowest BCUT2D eigenvalue weighted by atomic mass is 10.3. The summed E-state index contributed by atoms with van der Waals surface area (Å²) in [5.41, 5.74) is 2.85. The lowest BCUT2D eigenvalue weighted by molar-refractivity contribution is 0.0956. The molecule has 0 aliphatic rings. The maximum absolute atomic E-state index is 11.5. The topological polar surface area (TPSA) is 81.2 Å². The lowest BCUT2D eigenvalue weighted by Gasteiger charge is -1.95. The number of amides is 1. The van der Waals surface area contributed by atoms with Gasteiger partial charge in [0, 0.05) is 0 Å². The minimum Gasteiger partial charge on any atom is -0.462 e. The lowest BCUT2D eigenvalue weighted by Crippen LogP contribution is -2.29. The summed E-state index contributed by atoms with van der Waals surface area (Å²) < 4.78 is 5.23. The van der Waals surface area contributed by atoms with Crippen molar-refractivity contribution in [1.82, 2.24) is 10.4 Å². The van der Waals surface area contributed by atoms with Crippen molar-refractivity contribution in [1.29, 1.82) is 0 Å². The van der Waals surface area contributed by atoms with E-state index in [4.69, 9.17) is 10.3 Å². The van der Waals surface area contributed by atoms with Gasteiger partial charge in [-0.3, -0.25) is 10.2 Å². The number of carbonyl (C=O) groups excluding carboxylic acids is 1. The summed E-state index contributed by atoms with van der Waals surface area (Å²) >= 11 is 1.28. The summed E-state index contributed by atoms with van der Waals surface area (Å²) in [6.07, 6.45) is 2.25. The quantitative estimate of drug-likeness (QED) is 0.482. The number of nitrogens with one attached hydrogen (secondary N) is 1. The summed E-state index contributed by atoms with van der Waals surface area (Å²) in [6, 6.07) is 3.59. The van der Waals surface area contributed by atoms with Gasteiger partial charge in [0.2, 0.25) is 0 Å². The second-order valence-corrected chi connectivity index (χ2v) is 4.10. The second kappa shape index (κ2) is 4.46. The third kappa shape index (κ3) is 1.84. The molecule has 16 heavy (non-hydrogen) atoms. The van der Waals surface area contributed by atoms with E-state index < -0.39 is 0 Å². The van der Waals surface area contributed by atoms with E-state index in [1.165, 1.54) is 11.3 Å². The fourth-order valence-electron chi connectivity index (χ4n) is 1.34. The predicted octanol–water partition coefficient (Wildman–Crippen LogP) is 1.57. The van der Waals surface area contributed by atoms with E-state index in [0.29, 0.717) is 22.1 Å². The number of carbonyl (C=O) groups is 1. The van der Waals surface area contributed by atoms with Gasteiger partial charge in [0.25, 0.3) is 5.91 Å². The predicted molar refractivity (Wildman–Crippen MR) is 60.8 cm³/mol. The Labute approximate surface area is 96.3 Å². The average molecular weight is 237 g/mol. The molecule has 2 aromatic heterocycles. The van der Waals surface area contributed by atoms with Gasteiger partial charge in [-0.15, -0.1) is 11.3 Å². The van der Waals surface area contributed by atoms with Crippen LogP contribution in [0.2, 0.25) is 0 Å². The highest BCUT2D eigenvalue weighted by Gasteiger charge is 2.17. The Kier molecular flexibility index (Phi) is 3.02. The Morgan fingerprint density at radius 1 is 1.69 bits per heavy atom. The van der Waals surface area contributed by atoms with E-state index in [-0.39, 0.29) is 5.91 Å². The molecule has 2 aromatic rings. The van der Waals surface area contributed by atoms with Crippen molar-refractivity contribution >= 4 is 17.2 Å². The first kappa shape index (κ1) is 10.8. The van der Waals surface area contributed by atoms with Crippen LogP contribution in [0, 0.1) is 0 Å². The molecule has 0 bridgehead atoms. The first-order chi connectivity index (χ1) is 7.76. The molecule has 0 unspecified atom stereocenters. The first-order valence-corrected chi connectivity index (χ1v) is 5.62. The van der Waals surface area contributed by atoms with Crippen molar-refractivity contribution in [2.75, 3.05) is 0 Å². The van der Waals surface area contributed by atoms with Crippen LogP contribution in [0.3, 0.4) is 0 Å². The van der Waals surface area contributed by atoms with Gasteiger partial charge in [-0.2, -0.15) is 0 Å². The monoisotopic (exact) mass is 237 g/mol. The number of nitrogen functional groups attached to an aromatic ring is 1. The number of rotatable bonds is 3. The van der Waals surface area contributed by atoms with Gasteiger partial charge in [0.1, 0.15) is 4.88 Å². The molecular formula is C10H11N3O2S. The minimum absolute atomic E-state index is 0.313. The fraction of sp³-hybridized carbons (Fsp3) is 0.200. The summed E-state index contributed by atoms with van der Waals surface area (Å²) in [5.74, 6) is 5.46. The number of hydrogen-bond acceptors (Lipinski definition) is 5. The number of nitrogens with zero attached hydrogens (tertiary/aromatic N) is 1. The van der Waals surface area contributed by atoms with Gasteiger partial charge in [-0.1, -0.05) is 6.92 Å². The van der Waals surface area contributed by atoms with Crippen LogP contribution in [0.5, 0.6) is 0 Å². The number of hydrazine groups is 1. The molecule has 0 atom stereocenters. The molecule has 0 saturated carbocycles. The van der Waals surface area contributed by atoms with Crippen molar-refractivity contribution < 1.29 is 9.21 Å². The number of aromatic nitrogens is 1. The molecular weight excluding hydrogens is 226 g/mol. The maximum atomic E-state index is 11.5. The van der Waals surface area contributed by atoms with Crippen LogP contribution in [0.4, 0.5) is 0 Å². The Hall–Kier alpha value is -1.66. The average Bonchev–Trinajstić information content (AvgIpc) is 2.95. The van der Waals surface area contributed by atoms with E-state index in [1.54, 1.807) is 12.3 Å². The molecule has 0 aliphatic carbocycles. The standard InChI is InChI=1S/C10H11N3O2S/c1-2-6-8(9(14)13-11)16-10(12-6)7-4-3-5-15-7/h3-5H,2,11H2,1H3,(H,13,14). The highest BCUT2D eigenvalue weighted by molar-refractivity contribution is 7.17. The Balaban J connectivity index is 2.44. The third-order valence-electron chi connectivity index (χ3n) is 2.10. The van der Waals surface area contributed by atoms with Crippen molar-refractivity contribution in [2.45, 2.75) is 13.3 Å². The highest BCUT2D eigenvalue weighted by Crippen LogP contribution is 2.28. The number of hydrogen-bond donors (Lipinski definition) is 2. The number of aryl methyl sites for hydroxylation is 1.